The molecule has 0 heterocycles. The zero-order valence-corrected chi connectivity index (χ0v) is 16.4. The van der Waals surface area contributed by atoms with E-state index in [-0.39, 0.29) is 11.1 Å². The highest BCUT2D eigenvalue weighted by atomic mass is 28.4. The third-order valence-electron chi connectivity index (χ3n) is 4.75. The fraction of sp³-hybridized carbons (Fsp3) is 0.895. The van der Waals surface area contributed by atoms with Crippen LogP contribution in [0.2, 0.25) is 18.1 Å². The van der Waals surface area contributed by atoms with E-state index in [0.717, 1.165) is 6.42 Å². The Morgan fingerprint density at radius 1 is 0.952 bits per heavy atom. The van der Waals surface area contributed by atoms with E-state index in [1.54, 1.807) is 0 Å². The smallest absolute Gasteiger partial charge is 0.193 e. The second kappa shape index (κ2) is 10.5. The van der Waals surface area contributed by atoms with E-state index in [9.17, 15) is 0 Å². The highest BCUT2D eigenvalue weighted by Gasteiger charge is 2.38. The van der Waals surface area contributed by atoms with Crippen LogP contribution in [0.3, 0.4) is 0 Å². The predicted octanol–water partition coefficient (Wildman–Crippen LogP) is 6.54. The van der Waals surface area contributed by atoms with Gasteiger partial charge in [-0.15, -0.1) is 6.42 Å². The van der Waals surface area contributed by atoms with E-state index in [1.807, 2.05) is 0 Å². The van der Waals surface area contributed by atoms with Gasteiger partial charge in [0.05, 0.1) is 0 Å². The number of unbranched alkanes of at least 4 members (excludes halogenated alkanes) is 7. The molecule has 0 aliphatic rings. The lowest BCUT2D eigenvalue weighted by Crippen LogP contribution is -2.43. The molecule has 0 radical (unpaired) electrons. The van der Waals surface area contributed by atoms with Crippen molar-refractivity contribution in [3.05, 3.63) is 0 Å². The molecule has 0 aromatic heterocycles. The summed E-state index contributed by atoms with van der Waals surface area (Å²) in [5.41, 5.74) is 0. The average molecular weight is 311 g/mol. The molecule has 124 valence electrons. The number of terminal acetylenes is 1. The number of hydrogen-bond donors (Lipinski definition) is 0. The standard InChI is InChI=1S/C19H38OSi/c1-8-10-11-12-13-14-15-16-17-18(9-2)20-21(6,7)19(3,4)5/h2,18H,8,10-17H2,1,3-7H3. The van der Waals surface area contributed by atoms with Gasteiger partial charge in [0.1, 0.15) is 6.10 Å². The molecule has 1 unspecified atom stereocenters. The van der Waals surface area contributed by atoms with Crippen LogP contribution in [0.4, 0.5) is 0 Å². The fourth-order valence-corrected chi connectivity index (χ4v) is 3.42. The Kier molecular flexibility index (Phi) is 10.3. The molecule has 2 heteroatoms. The summed E-state index contributed by atoms with van der Waals surface area (Å²) in [6, 6.07) is 0. The third-order valence-corrected chi connectivity index (χ3v) is 9.23. The highest BCUT2D eigenvalue weighted by molar-refractivity contribution is 6.74. The van der Waals surface area contributed by atoms with Crippen LogP contribution in [0.1, 0.15) is 85.5 Å². The van der Waals surface area contributed by atoms with Gasteiger partial charge in [-0.25, -0.2) is 0 Å². The van der Waals surface area contributed by atoms with Crippen LogP contribution < -0.4 is 0 Å². The van der Waals surface area contributed by atoms with Crippen molar-refractivity contribution < 1.29 is 4.43 Å². The van der Waals surface area contributed by atoms with Gasteiger partial charge in [0.2, 0.25) is 0 Å². The first kappa shape index (κ1) is 20.7. The maximum absolute atomic E-state index is 6.31. The van der Waals surface area contributed by atoms with Gasteiger partial charge in [-0.05, 0) is 31.0 Å². The van der Waals surface area contributed by atoms with Crippen molar-refractivity contribution in [3.8, 4) is 12.3 Å². The second-order valence-corrected chi connectivity index (χ2v) is 12.6. The highest BCUT2D eigenvalue weighted by Crippen LogP contribution is 2.37. The molecule has 0 fully saturated rings. The third kappa shape index (κ3) is 9.37. The molecule has 0 saturated heterocycles. The van der Waals surface area contributed by atoms with E-state index in [1.165, 1.54) is 51.4 Å². The largest absolute Gasteiger partial charge is 0.403 e. The lowest BCUT2D eigenvalue weighted by atomic mass is 10.1. The normalized spacial score (nSPS) is 14.0. The topological polar surface area (TPSA) is 9.23 Å². The first-order chi connectivity index (χ1) is 9.74. The molecule has 0 bridgehead atoms. The SMILES string of the molecule is C#CC(CCCCCCCCCC)O[Si](C)(C)C(C)(C)C. The minimum absolute atomic E-state index is 0.0194. The van der Waals surface area contributed by atoms with E-state index < -0.39 is 8.32 Å². The van der Waals surface area contributed by atoms with Crippen molar-refractivity contribution in [2.24, 2.45) is 0 Å². The molecular weight excluding hydrogens is 272 g/mol. The van der Waals surface area contributed by atoms with E-state index in [0.29, 0.717) is 0 Å². The minimum atomic E-state index is -1.72. The maximum Gasteiger partial charge on any atom is 0.193 e. The zero-order chi connectivity index (χ0) is 16.4. The van der Waals surface area contributed by atoms with Gasteiger partial charge in [-0.1, -0.05) is 78.6 Å². The second-order valence-electron chi connectivity index (χ2n) is 7.80. The first-order valence-corrected chi connectivity index (χ1v) is 11.8. The van der Waals surface area contributed by atoms with Crippen LogP contribution in [0.25, 0.3) is 0 Å². The summed E-state index contributed by atoms with van der Waals surface area (Å²) < 4.78 is 6.31. The molecule has 0 N–H and O–H groups in total. The van der Waals surface area contributed by atoms with E-state index in [2.05, 4.69) is 46.7 Å². The van der Waals surface area contributed by atoms with Crippen LogP contribution in [-0.4, -0.2) is 14.4 Å². The summed E-state index contributed by atoms with van der Waals surface area (Å²) in [7, 11) is -1.72. The van der Waals surface area contributed by atoms with E-state index in [4.69, 9.17) is 10.8 Å². The van der Waals surface area contributed by atoms with Crippen molar-refractivity contribution in [2.75, 3.05) is 0 Å². The Labute approximate surface area is 135 Å². The van der Waals surface area contributed by atoms with Gasteiger partial charge < -0.3 is 4.43 Å². The maximum atomic E-state index is 6.31. The number of rotatable bonds is 11. The van der Waals surface area contributed by atoms with Crippen LogP contribution in [0.15, 0.2) is 0 Å². The Morgan fingerprint density at radius 3 is 1.86 bits per heavy atom. The lowest BCUT2D eigenvalue weighted by molar-refractivity contribution is 0.219. The number of hydrogen-bond acceptors (Lipinski definition) is 1. The average Bonchev–Trinajstić information content (AvgIpc) is 2.39. The van der Waals surface area contributed by atoms with Crippen molar-refractivity contribution >= 4 is 8.32 Å². The molecule has 1 atom stereocenters. The molecule has 0 spiro atoms. The summed E-state index contributed by atoms with van der Waals surface area (Å²) >= 11 is 0. The fourth-order valence-electron chi connectivity index (χ4n) is 2.17. The summed E-state index contributed by atoms with van der Waals surface area (Å²) in [5.74, 6) is 2.86. The van der Waals surface area contributed by atoms with E-state index >= 15 is 0 Å². The van der Waals surface area contributed by atoms with Crippen molar-refractivity contribution in [2.45, 2.75) is 110 Å². The van der Waals surface area contributed by atoms with Crippen LogP contribution in [0, 0.1) is 12.3 Å². The first-order valence-electron chi connectivity index (χ1n) is 8.88. The Balaban J connectivity index is 3.85. The molecule has 0 amide bonds. The molecule has 0 saturated carbocycles. The molecule has 1 nitrogen and oxygen atoms in total. The molecular formula is C19H38OSi. The molecule has 0 rings (SSSR count). The molecule has 0 aliphatic heterocycles. The van der Waals surface area contributed by atoms with Crippen molar-refractivity contribution in [1.29, 1.82) is 0 Å². The van der Waals surface area contributed by atoms with Crippen molar-refractivity contribution in [3.63, 3.8) is 0 Å². The van der Waals surface area contributed by atoms with Crippen LogP contribution >= 0.6 is 0 Å². The Hall–Kier alpha value is -0.263. The molecule has 0 aromatic rings. The monoisotopic (exact) mass is 310 g/mol. The summed E-state index contributed by atoms with van der Waals surface area (Å²) in [5, 5.41) is 0.237. The van der Waals surface area contributed by atoms with Crippen LogP contribution in [-0.2, 0) is 4.43 Å². The molecule has 21 heavy (non-hydrogen) atoms. The van der Waals surface area contributed by atoms with Gasteiger partial charge in [0, 0.05) is 0 Å². The Bertz CT molecular complexity index is 296. The van der Waals surface area contributed by atoms with Gasteiger partial charge in [-0.2, -0.15) is 0 Å². The Morgan fingerprint density at radius 2 is 1.43 bits per heavy atom. The van der Waals surface area contributed by atoms with Gasteiger partial charge in [0.25, 0.3) is 0 Å². The quantitative estimate of drug-likeness (QED) is 0.239. The molecule has 0 aliphatic carbocycles. The zero-order valence-electron chi connectivity index (χ0n) is 15.4. The summed E-state index contributed by atoms with van der Waals surface area (Å²) in [6.45, 7) is 13.6. The summed E-state index contributed by atoms with van der Waals surface area (Å²) in [6.07, 6.45) is 17.5. The van der Waals surface area contributed by atoms with Gasteiger partial charge >= 0.3 is 0 Å². The van der Waals surface area contributed by atoms with Gasteiger partial charge in [0.15, 0.2) is 8.32 Å². The van der Waals surface area contributed by atoms with Crippen LogP contribution in [0.5, 0.6) is 0 Å². The predicted molar refractivity (Wildman–Crippen MR) is 98.1 cm³/mol. The molecule has 0 aromatic carbocycles. The summed E-state index contributed by atoms with van der Waals surface area (Å²) in [4.78, 5) is 0. The minimum Gasteiger partial charge on any atom is -0.403 e. The van der Waals surface area contributed by atoms with Crippen molar-refractivity contribution in [1.82, 2.24) is 0 Å². The van der Waals surface area contributed by atoms with Gasteiger partial charge in [-0.3, -0.25) is 0 Å². The lowest BCUT2D eigenvalue weighted by Gasteiger charge is -2.38.